The first-order valence-corrected chi connectivity index (χ1v) is 15.1. The van der Waals surface area contributed by atoms with Crippen molar-refractivity contribution in [1.29, 1.82) is 0 Å². The fraction of sp³-hybridized carbons (Fsp3) is 0.543. The first-order chi connectivity index (χ1) is 19.6. The molecule has 1 aliphatic heterocycles. The highest BCUT2D eigenvalue weighted by molar-refractivity contribution is 5.83. The summed E-state index contributed by atoms with van der Waals surface area (Å²) in [5.41, 5.74) is 9.65. The Balaban J connectivity index is 0.00000210. The fourth-order valence-electron chi connectivity index (χ4n) is 5.30. The second-order valence-electron chi connectivity index (χ2n) is 9.98. The number of aldehydes is 1. The SMILES string of the molecule is C=C1/C(=C/C(=C(\C=O)COC=O)[C@H](C)CC)N(C)C/C1=C1/c2c(C)cc(F)c(C)c2CC[C@@H]1C.CC.CC.CCO. The monoisotopic (exact) mass is 571 g/mol. The minimum atomic E-state index is -0.139. The number of hydrogen-bond acceptors (Lipinski definition) is 5. The van der Waals surface area contributed by atoms with Crippen molar-refractivity contribution in [2.45, 2.75) is 88.5 Å². The van der Waals surface area contributed by atoms with Crippen molar-refractivity contribution in [3.05, 3.63) is 74.8 Å². The molecule has 0 unspecified atom stereocenters. The Bertz CT molecular complexity index is 1130. The molecule has 41 heavy (non-hydrogen) atoms. The van der Waals surface area contributed by atoms with Gasteiger partial charge in [-0.3, -0.25) is 9.59 Å². The van der Waals surface area contributed by atoms with E-state index in [4.69, 9.17) is 9.84 Å². The number of carbonyl (C=O) groups excluding carboxylic acids is 2. The number of carbonyl (C=O) groups is 2. The van der Waals surface area contributed by atoms with Crippen LogP contribution in [0.15, 0.2) is 46.7 Å². The summed E-state index contributed by atoms with van der Waals surface area (Å²) in [5.74, 6) is 0.315. The van der Waals surface area contributed by atoms with Crippen molar-refractivity contribution >= 4 is 18.3 Å². The minimum absolute atomic E-state index is 0.0466. The van der Waals surface area contributed by atoms with Crippen molar-refractivity contribution in [1.82, 2.24) is 4.90 Å². The highest BCUT2D eigenvalue weighted by Gasteiger charge is 2.33. The van der Waals surface area contributed by atoms with E-state index in [2.05, 4.69) is 32.3 Å². The largest absolute Gasteiger partial charge is 0.463 e. The summed E-state index contributed by atoms with van der Waals surface area (Å²) in [6.45, 7) is 25.7. The number of aliphatic hydroxyl groups excluding tert-OH is 1. The maximum Gasteiger partial charge on any atom is 0.293 e. The van der Waals surface area contributed by atoms with Gasteiger partial charge in [0, 0.05) is 31.5 Å². The molecule has 2 atom stereocenters. The number of ether oxygens (including phenoxy) is 1. The molecule has 1 fully saturated rings. The molecule has 1 N–H and O–H groups in total. The smallest absolute Gasteiger partial charge is 0.293 e. The van der Waals surface area contributed by atoms with Crippen LogP contribution in [-0.4, -0.2) is 49.6 Å². The van der Waals surface area contributed by atoms with E-state index in [9.17, 15) is 14.0 Å². The Labute approximate surface area is 248 Å². The van der Waals surface area contributed by atoms with E-state index in [1.807, 2.05) is 54.7 Å². The molecule has 1 aliphatic carbocycles. The van der Waals surface area contributed by atoms with Gasteiger partial charge in [0.15, 0.2) is 0 Å². The normalized spacial score (nSPS) is 19.8. The van der Waals surface area contributed by atoms with Crippen molar-refractivity contribution in [2.75, 3.05) is 26.8 Å². The van der Waals surface area contributed by atoms with Crippen LogP contribution in [0.2, 0.25) is 0 Å². The van der Waals surface area contributed by atoms with Gasteiger partial charge in [0.05, 0.1) is 0 Å². The Kier molecular flexibility index (Phi) is 17.8. The van der Waals surface area contributed by atoms with Gasteiger partial charge in [-0.2, -0.15) is 0 Å². The number of benzene rings is 1. The number of allylic oxidation sites excluding steroid dienone is 4. The van der Waals surface area contributed by atoms with Crippen molar-refractivity contribution in [3.8, 4) is 0 Å². The maximum atomic E-state index is 14.5. The molecular formula is C35H54FNO4. The van der Waals surface area contributed by atoms with E-state index in [1.54, 1.807) is 13.0 Å². The second-order valence-corrected chi connectivity index (χ2v) is 9.98. The number of rotatable bonds is 7. The molecule has 0 spiro atoms. The van der Waals surface area contributed by atoms with Gasteiger partial charge in [-0.25, -0.2) is 4.39 Å². The summed E-state index contributed by atoms with van der Waals surface area (Å²) in [6.07, 6.45) is 5.50. The van der Waals surface area contributed by atoms with Crippen LogP contribution in [0.3, 0.4) is 0 Å². The summed E-state index contributed by atoms with van der Waals surface area (Å²) < 4.78 is 19.4. The van der Waals surface area contributed by atoms with Gasteiger partial charge in [-0.05, 0) is 109 Å². The number of fused-ring (bicyclic) bond motifs is 1. The van der Waals surface area contributed by atoms with Gasteiger partial charge < -0.3 is 14.7 Å². The summed E-state index contributed by atoms with van der Waals surface area (Å²) in [5, 5.41) is 7.57. The van der Waals surface area contributed by atoms with Gasteiger partial charge in [-0.15, -0.1) is 0 Å². The summed E-state index contributed by atoms with van der Waals surface area (Å²) in [7, 11) is 2.03. The van der Waals surface area contributed by atoms with E-state index in [-0.39, 0.29) is 24.9 Å². The molecule has 1 aromatic rings. The van der Waals surface area contributed by atoms with Crippen molar-refractivity contribution in [3.63, 3.8) is 0 Å². The third-order valence-corrected chi connectivity index (χ3v) is 7.50. The third-order valence-electron chi connectivity index (χ3n) is 7.50. The Morgan fingerprint density at radius 3 is 2.32 bits per heavy atom. The quantitative estimate of drug-likeness (QED) is 0.266. The summed E-state index contributed by atoms with van der Waals surface area (Å²) >= 11 is 0. The molecule has 2 aliphatic rings. The van der Waals surface area contributed by atoms with Gasteiger partial charge in [0.2, 0.25) is 0 Å². The van der Waals surface area contributed by atoms with Crippen LogP contribution in [0.5, 0.6) is 0 Å². The summed E-state index contributed by atoms with van der Waals surface area (Å²) in [4.78, 5) is 24.7. The lowest BCUT2D eigenvalue weighted by Crippen LogP contribution is -2.17. The zero-order valence-electron chi connectivity index (χ0n) is 27.4. The van der Waals surface area contributed by atoms with Gasteiger partial charge >= 0.3 is 0 Å². The lowest BCUT2D eigenvalue weighted by molar-refractivity contribution is -0.128. The van der Waals surface area contributed by atoms with E-state index < -0.39 is 0 Å². The predicted octanol–water partition coefficient (Wildman–Crippen LogP) is 7.93. The highest BCUT2D eigenvalue weighted by atomic mass is 19.1. The zero-order chi connectivity index (χ0) is 31.9. The average Bonchev–Trinajstić information content (AvgIpc) is 3.25. The molecule has 5 nitrogen and oxygen atoms in total. The number of likely N-dealkylation sites (tertiary alicyclic amines) is 1. The number of halogens is 1. The van der Waals surface area contributed by atoms with Crippen LogP contribution in [0.1, 0.15) is 90.5 Å². The van der Waals surface area contributed by atoms with E-state index >= 15 is 0 Å². The van der Waals surface area contributed by atoms with Gasteiger partial charge in [0.25, 0.3) is 6.47 Å². The third kappa shape index (κ3) is 9.26. The number of nitrogens with zero attached hydrogens (tertiary/aromatic N) is 1. The first-order valence-electron chi connectivity index (χ1n) is 15.1. The van der Waals surface area contributed by atoms with Crippen LogP contribution in [-0.2, 0) is 20.7 Å². The molecule has 0 saturated carbocycles. The zero-order valence-corrected chi connectivity index (χ0v) is 27.4. The lowest BCUT2D eigenvalue weighted by Gasteiger charge is -2.30. The lowest BCUT2D eigenvalue weighted by atomic mass is 9.74. The van der Waals surface area contributed by atoms with Gasteiger partial charge in [0.1, 0.15) is 18.7 Å². The molecule has 3 rings (SSSR count). The standard InChI is InChI=1S/C29H36FNO3.C2H6O.2C2H6/c1-8-17(2)24(22(14-32)15-34-16-33)12-27-21(6)25(13-31(27)7)28-18(3)9-10-23-20(5)26(30)11-19(4)29(23)28;1-2-3;2*1-2/h11-12,14,16-18H,6,8-10,13,15H2,1-5,7H3;3H,2H2,1H3;2*1-2H3/b24-22-,27-12-,28-25-;;;/t17-,18+;;;/m1.../s1. The Morgan fingerprint density at radius 2 is 1.80 bits per heavy atom. The predicted molar refractivity (Wildman–Crippen MR) is 170 cm³/mol. The molecular weight excluding hydrogens is 517 g/mol. The molecule has 1 saturated heterocycles. The Morgan fingerprint density at radius 1 is 1.22 bits per heavy atom. The van der Waals surface area contributed by atoms with Crippen molar-refractivity contribution in [2.24, 2.45) is 11.8 Å². The van der Waals surface area contributed by atoms with Crippen LogP contribution in [0.25, 0.3) is 5.57 Å². The molecule has 0 aromatic heterocycles. The van der Waals surface area contributed by atoms with Crippen molar-refractivity contribution < 1.29 is 23.8 Å². The molecule has 0 amide bonds. The van der Waals surface area contributed by atoms with Crippen LogP contribution >= 0.6 is 0 Å². The second kappa shape index (κ2) is 19.2. The highest BCUT2D eigenvalue weighted by Crippen LogP contribution is 2.46. The fourth-order valence-corrected chi connectivity index (χ4v) is 5.30. The average molecular weight is 572 g/mol. The molecule has 6 heteroatoms. The molecule has 0 bridgehead atoms. The van der Waals surface area contributed by atoms with Gasteiger partial charge in [-0.1, -0.05) is 55.0 Å². The minimum Gasteiger partial charge on any atom is -0.463 e. The molecule has 1 aromatic carbocycles. The van der Waals surface area contributed by atoms with Crippen LogP contribution < -0.4 is 0 Å². The number of likely N-dealkylation sites (N-methyl/N-ethyl adjacent to an activating group) is 1. The number of hydrogen-bond donors (Lipinski definition) is 1. The molecule has 1 heterocycles. The number of aliphatic hydroxyl groups is 1. The number of aryl methyl sites for hydroxylation is 1. The van der Waals surface area contributed by atoms with E-state index in [0.717, 1.165) is 59.1 Å². The van der Waals surface area contributed by atoms with E-state index in [0.29, 0.717) is 24.5 Å². The molecule has 0 radical (unpaired) electrons. The Hall–Kier alpha value is -2.99. The van der Waals surface area contributed by atoms with Crippen LogP contribution in [0, 0.1) is 31.5 Å². The maximum absolute atomic E-state index is 14.5. The van der Waals surface area contributed by atoms with E-state index in [1.165, 1.54) is 16.7 Å². The molecule has 230 valence electrons. The topological polar surface area (TPSA) is 66.8 Å². The van der Waals surface area contributed by atoms with Crippen LogP contribution in [0.4, 0.5) is 4.39 Å². The summed E-state index contributed by atoms with van der Waals surface area (Å²) in [6, 6.07) is 1.65. The first kappa shape index (κ1) is 38.0.